The van der Waals surface area contributed by atoms with Crippen LogP contribution in [0.2, 0.25) is 0 Å². The van der Waals surface area contributed by atoms with Gasteiger partial charge < -0.3 is 14.8 Å². The van der Waals surface area contributed by atoms with Crippen LogP contribution >= 0.6 is 0 Å². The number of nitrogens with zero attached hydrogens (tertiary/aromatic N) is 3. The second-order valence-corrected chi connectivity index (χ2v) is 6.64. The molecule has 0 bridgehead atoms. The Bertz CT molecular complexity index is 870. The van der Waals surface area contributed by atoms with Crippen molar-refractivity contribution >= 4 is 11.8 Å². The summed E-state index contributed by atoms with van der Waals surface area (Å²) in [5, 5.41) is 8.97. The lowest BCUT2D eigenvalue weighted by Gasteiger charge is -2.35. The van der Waals surface area contributed by atoms with Crippen molar-refractivity contribution in [3.05, 3.63) is 58.4 Å². The zero-order chi connectivity index (χ0) is 18.7. The van der Waals surface area contributed by atoms with Gasteiger partial charge in [-0.1, -0.05) is 6.07 Å². The maximum absolute atomic E-state index is 12.6. The average molecular weight is 350 g/mol. The SMILES string of the molecule is Cc1cc(CC(=O)N2CCN(C(=O)c3cccc(C#N)c3)CC2)c(C)[nH]1. The minimum absolute atomic E-state index is 0.0886. The van der Waals surface area contributed by atoms with Crippen molar-refractivity contribution in [2.75, 3.05) is 26.2 Å². The molecule has 1 fully saturated rings. The normalized spacial score (nSPS) is 14.2. The molecule has 1 saturated heterocycles. The molecule has 1 N–H and O–H groups in total. The molecule has 2 aromatic rings. The number of carbonyl (C=O) groups excluding carboxylic acids is 2. The Balaban J connectivity index is 1.58. The molecule has 1 aromatic carbocycles. The van der Waals surface area contributed by atoms with Gasteiger partial charge in [0.05, 0.1) is 18.1 Å². The number of aromatic amines is 1. The number of rotatable bonds is 3. The summed E-state index contributed by atoms with van der Waals surface area (Å²) in [6.45, 7) is 6.03. The molecule has 0 saturated carbocycles. The molecule has 0 radical (unpaired) electrons. The Kier molecular flexibility index (Phi) is 5.08. The summed E-state index contributed by atoms with van der Waals surface area (Å²) in [4.78, 5) is 31.9. The van der Waals surface area contributed by atoms with E-state index in [2.05, 4.69) is 11.1 Å². The standard InChI is InChI=1S/C20H22N4O2/c1-14-10-18(15(2)22-14)12-19(25)23-6-8-24(9-7-23)20(26)17-5-3-4-16(11-17)13-21/h3-5,10-11,22H,6-9,12H2,1-2H3. The number of carbonyl (C=O) groups is 2. The molecule has 2 heterocycles. The van der Waals surface area contributed by atoms with Crippen molar-refractivity contribution in [1.82, 2.24) is 14.8 Å². The van der Waals surface area contributed by atoms with E-state index >= 15 is 0 Å². The van der Waals surface area contributed by atoms with Gasteiger partial charge in [0.2, 0.25) is 5.91 Å². The van der Waals surface area contributed by atoms with Crippen LogP contribution in [0.5, 0.6) is 0 Å². The van der Waals surface area contributed by atoms with Crippen LogP contribution in [0.25, 0.3) is 0 Å². The van der Waals surface area contributed by atoms with Crippen LogP contribution in [0.4, 0.5) is 0 Å². The third-order valence-corrected chi connectivity index (χ3v) is 4.76. The Morgan fingerprint density at radius 2 is 1.81 bits per heavy atom. The van der Waals surface area contributed by atoms with E-state index < -0.39 is 0 Å². The number of hydrogen-bond acceptors (Lipinski definition) is 3. The van der Waals surface area contributed by atoms with Crippen molar-refractivity contribution < 1.29 is 9.59 Å². The molecule has 0 atom stereocenters. The number of piperazine rings is 1. The fourth-order valence-corrected chi connectivity index (χ4v) is 3.30. The summed E-state index contributed by atoms with van der Waals surface area (Å²) in [5.74, 6) is -0.00280. The summed E-state index contributed by atoms with van der Waals surface area (Å²) in [6.07, 6.45) is 0.383. The summed E-state index contributed by atoms with van der Waals surface area (Å²) in [6, 6.07) is 10.8. The first-order valence-electron chi connectivity index (χ1n) is 8.70. The van der Waals surface area contributed by atoms with E-state index in [0.717, 1.165) is 17.0 Å². The van der Waals surface area contributed by atoms with Gasteiger partial charge >= 0.3 is 0 Å². The largest absolute Gasteiger partial charge is 0.362 e. The fourth-order valence-electron chi connectivity index (χ4n) is 3.30. The highest BCUT2D eigenvalue weighted by molar-refractivity contribution is 5.94. The van der Waals surface area contributed by atoms with Crippen molar-refractivity contribution in [3.63, 3.8) is 0 Å². The number of nitriles is 1. The highest BCUT2D eigenvalue weighted by Crippen LogP contribution is 2.14. The minimum Gasteiger partial charge on any atom is -0.362 e. The first kappa shape index (κ1) is 17.7. The second-order valence-electron chi connectivity index (χ2n) is 6.64. The summed E-state index contributed by atoms with van der Waals surface area (Å²) >= 11 is 0. The van der Waals surface area contributed by atoms with Crippen LogP contribution in [0.15, 0.2) is 30.3 Å². The maximum atomic E-state index is 12.6. The zero-order valence-electron chi connectivity index (χ0n) is 15.1. The Morgan fingerprint density at radius 1 is 1.12 bits per heavy atom. The highest BCUT2D eigenvalue weighted by Gasteiger charge is 2.25. The Labute approximate surface area is 153 Å². The van der Waals surface area contributed by atoms with Gasteiger partial charge in [0.25, 0.3) is 5.91 Å². The molecule has 0 spiro atoms. The Hall–Kier alpha value is -3.07. The molecule has 1 aliphatic rings. The molecule has 0 aliphatic carbocycles. The van der Waals surface area contributed by atoms with Gasteiger partial charge in [-0.15, -0.1) is 0 Å². The molecule has 6 nitrogen and oxygen atoms in total. The molecule has 3 rings (SSSR count). The van der Waals surface area contributed by atoms with Crippen molar-refractivity contribution in [3.8, 4) is 6.07 Å². The van der Waals surface area contributed by atoms with E-state index in [9.17, 15) is 9.59 Å². The number of nitrogens with one attached hydrogen (secondary N) is 1. The summed E-state index contributed by atoms with van der Waals surface area (Å²) in [7, 11) is 0. The minimum atomic E-state index is -0.0914. The van der Waals surface area contributed by atoms with Crippen molar-refractivity contribution in [2.45, 2.75) is 20.3 Å². The van der Waals surface area contributed by atoms with Gasteiger partial charge in [-0.25, -0.2) is 0 Å². The predicted molar refractivity (Wildman–Crippen MR) is 97.6 cm³/mol. The third-order valence-electron chi connectivity index (χ3n) is 4.76. The van der Waals surface area contributed by atoms with E-state index in [1.807, 2.05) is 24.8 Å². The van der Waals surface area contributed by atoms with E-state index in [4.69, 9.17) is 5.26 Å². The second kappa shape index (κ2) is 7.44. The number of aromatic nitrogens is 1. The Morgan fingerprint density at radius 3 is 2.42 bits per heavy atom. The molecular formula is C20H22N4O2. The van der Waals surface area contributed by atoms with E-state index in [1.165, 1.54) is 0 Å². The lowest BCUT2D eigenvalue weighted by atomic mass is 10.1. The molecule has 1 aliphatic heterocycles. The van der Waals surface area contributed by atoms with Crippen molar-refractivity contribution in [1.29, 1.82) is 5.26 Å². The molecule has 0 unspecified atom stereocenters. The average Bonchev–Trinajstić information content (AvgIpc) is 2.98. The number of benzene rings is 1. The zero-order valence-corrected chi connectivity index (χ0v) is 15.1. The van der Waals surface area contributed by atoms with Crippen LogP contribution in [0.3, 0.4) is 0 Å². The van der Waals surface area contributed by atoms with Gasteiger partial charge in [-0.05, 0) is 43.7 Å². The monoisotopic (exact) mass is 350 g/mol. The van der Waals surface area contributed by atoms with Crippen molar-refractivity contribution in [2.24, 2.45) is 0 Å². The lowest BCUT2D eigenvalue weighted by Crippen LogP contribution is -2.51. The molecule has 2 amide bonds. The fraction of sp³-hybridized carbons (Fsp3) is 0.350. The smallest absolute Gasteiger partial charge is 0.254 e. The predicted octanol–water partition coefficient (Wildman–Crippen LogP) is 2.03. The third kappa shape index (κ3) is 3.77. The quantitative estimate of drug-likeness (QED) is 0.920. The number of hydrogen-bond donors (Lipinski definition) is 1. The first-order valence-corrected chi connectivity index (χ1v) is 8.70. The van der Waals surface area contributed by atoms with Gasteiger partial charge in [-0.3, -0.25) is 9.59 Å². The number of H-pyrrole nitrogens is 1. The van der Waals surface area contributed by atoms with Gasteiger partial charge in [0.15, 0.2) is 0 Å². The van der Waals surface area contributed by atoms with Crippen LogP contribution < -0.4 is 0 Å². The molecule has 6 heteroatoms. The summed E-state index contributed by atoms with van der Waals surface area (Å²) < 4.78 is 0. The van der Waals surface area contributed by atoms with Gasteiger partial charge in [-0.2, -0.15) is 5.26 Å². The van der Waals surface area contributed by atoms with Crippen LogP contribution in [-0.4, -0.2) is 52.8 Å². The lowest BCUT2D eigenvalue weighted by molar-refractivity contribution is -0.131. The van der Waals surface area contributed by atoms with Gasteiger partial charge in [0, 0.05) is 43.1 Å². The molecule has 1 aromatic heterocycles. The number of aryl methyl sites for hydroxylation is 2. The van der Waals surface area contributed by atoms with E-state index in [1.54, 1.807) is 29.2 Å². The topological polar surface area (TPSA) is 80.2 Å². The van der Waals surface area contributed by atoms with Crippen LogP contribution in [0, 0.1) is 25.2 Å². The maximum Gasteiger partial charge on any atom is 0.254 e. The van der Waals surface area contributed by atoms with Crippen LogP contribution in [-0.2, 0) is 11.2 Å². The van der Waals surface area contributed by atoms with Gasteiger partial charge in [0.1, 0.15) is 0 Å². The number of amides is 2. The molecular weight excluding hydrogens is 328 g/mol. The summed E-state index contributed by atoms with van der Waals surface area (Å²) in [5.41, 5.74) is 4.10. The molecule has 134 valence electrons. The van der Waals surface area contributed by atoms with Crippen LogP contribution in [0.1, 0.15) is 32.9 Å². The molecule has 26 heavy (non-hydrogen) atoms. The van der Waals surface area contributed by atoms with E-state index in [-0.39, 0.29) is 11.8 Å². The van der Waals surface area contributed by atoms with E-state index in [0.29, 0.717) is 43.7 Å². The highest BCUT2D eigenvalue weighted by atomic mass is 16.2. The first-order chi connectivity index (χ1) is 12.5.